The van der Waals surface area contributed by atoms with Crippen LogP contribution in [0.4, 0.5) is 0 Å². The Morgan fingerprint density at radius 3 is 2.83 bits per heavy atom. The minimum absolute atomic E-state index is 0.378. The molecule has 0 unspecified atom stereocenters. The summed E-state index contributed by atoms with van der Waals surface area (Å²) in [5.41, 5.74) is 3.24. The Morgan fingerprint density at radius 2 is 2.17 bits per heavy atom. The Morgan fingerprint density at radius 1 is 1.29 bits per heavy atom. The molecule has 0 radical (unpaired) electrons. The van der Waals surface area contributed by atoms with Gasteiger partial charge in [0, 0.05) is 54.7 Å². The first-order valence-electron chi connectivity index (χ1n) is 7.98. The largest absolute Gasteiger partial charge is 0.311 e. The van der Waals surface area contributed by atoms with Crippen molar-refractivity contribution in [2.75, 3.05) is 20.6 Å². The van der Waals surface area contributed by atoms with Crippen molar-refractivity contribution < 1.29 is 0 Å². The van der Waals surface area contributed by atoms with E-state index in [1.54, 1.807) is 17.5 Å². The number of pyridine rings is 1. The molecular formula is C18H23N5S. The average molecular weight is 341 g/mol. The van der Waals surface area contributed by atoms with Crippen LogP contribution < -0.4 is 5.32 Å². The fourth-order valence-electron chi connectivity index (χ4n) is 2.77. The van der Waals surface area contributed by atoms with Gasteiger partial charge < -0.3 is 10.2 Å². The number of aryl methyl sites for hydroxylation is 1. The van der Waals surface area contributed by atoms with Gasteiger partial charge in [-0.25, -0.2) is 0 Å². The molecular weight excluding hydrogens is 318 g/mol. The van der Waals surface area contributed by atoms with Crippen molar-refractivity contribution in [3.63, 3.8) is 0 Å². The van der Waals surface area contributed by atoms with Crippen LogP contribution in [0.3, 0.4) is 0 Å². The van der Waals surface area contributed by atoms with Gasteiger partial charge in [0.15, 0.2) is 0 Å². The molecule has 126 valence electrons. The van der Waals surface area contributed by atoms with Gasteiger partial charge in [-0.1, -0.05) is 6.07 Å². The summed E-state index contributed by atoms with van der Waals surface area (Å²) in [4.78, 5) is 7.84. The van der Waals surface area contributed by atoms with E-state index in [1.165, 1.54) is 10.4 Å². The van der Waals surface area contributed by atoms with Crippen LogP contribution in [-0.2, 0) is 13.6 Å². The number of hydrogen-bond acceptors (Lipinski definition) is 5. The van der Waals surface area contributed by atoms with Crippen LogP contribution in [0, 0.1) is 0 Å². The molecule has 0 amide bonds. The number of aromatic nitrogens is 3. The molecule has 0 spiro atoms. The van der Waals surface area contributed by atoms with E-state index in [2.05, 4.69) is 58.1 Å². The second-order valence-electron chi connectivity index (χ2n) is 6.04. The van der Waals surface area contributed by atoms with Crippen molar-refractivity contribution in [3.8, 4) is 11.3 Å². The van der Waals surface area contributed by atoms with Crippen molar-refractivity contribution in [2.24, 2.45) is 7.05 Å². The first-order valence-corrected chi connectivity index (χ1v) is 8.86. The fraction of sp³-hybridized carbons (Fsp3) is 0.333. The van der Waals surface area contributed by atoms with Crippen LogP contribution >= 0.6 is 11.3 Å². The first kappa shape index (κ1) is 16.8. The van der Waals surface area contributed by atoms with Crippen LogP contribution in [0.1, 0.15) is 16.5 Å². The average Bonchev–Trinajstić information content (AvgIpc) is 3.22. The molecule has 1 N–H and O–H groups in total. The van der Waals surface area contributed by atoms with E-state index in [4.69, 9.17) is 0 Å². The van der Waals surface area contributed by atoms with Crippen molar-refractivity contribution in [3.05, 3.63) is 58.7 Å². The van der Waals surface area contributed by atoms with Gasteiger partial charge in [0.2, 0.25) is 0 Å². The Kier molecular flexibility index (Phi) is 5.40. The maximum Gasteiger partial charge on any atom is 0.0983 e. The molecule has 0 fully saturated rings. The van der Waals surface area contributed by atoms with E-state index in [9.17, 15) is 0 Å². The zero-order chi connectivity index (χ0) is 16.9. The number of rotatable bonds is 7. The smallest absolute Gasteiger partial charge is 0.0983 e. The molecule has 0 aliphatic rings. The SMILES string of the molecule is CN(C)[C@@H](CNCc1cn(C)nc1-c1cccnc1)c1cccs1. The maximum atomic E-state index is 4.59. The number of likely N-dealkylation sites (N-methyl/N-ethyl adjacent to an activating group) is 1. The van der Waals surface area contributed by atoms with E-state index in [-0.39, 0.29) is 0 Å². The van der Waals surface area contributed by atoms with E-state index < -0.39 is 0 Å². The summed E-state index contributed by atoms with van der Waals surface area (Å²) in [7, 11) is 6.20. The molecule has 6 heteroatoms. The molecule has 0 aliphatic carbocycles. The molecule has 24 heavy (non-hydrogen) atoms. The highest BCUT2D eigenvalue weighted by Crippen LogP contribution is 2.23. The standard InChI is InChI=1S/C18H23N5S/c1-22(2)16(17-7-5-9-24-17)12-20-11-15-13-23(3)21-18(15)14-6-4-8-19-10-14/h4-10,13,16,20H,11-12H2,1-3H3/t16-/m0/s1. The van der Waals surface area contributed by atoms with E-state index in [0.717, 1.165) is 24.3 Å². The highest BCUT2D eigenvalue weighted by Gasteiger charge is 2.16. The fourth-order valence-corrected chi connectivity index (χ4v) is 3.70. The quantitative estimate of drug-likeness (QED) is 0.718. The van der Waals surface area contributed by atoms with Crippen LogP contribution in [-0.4, -0.2) is 40.3 Å². The molecule has 3 aromatic heterocycles. The van der Waals surface area contributed by atoms with E-state index in [0.29, 0.717) is 6.04 Å². The molecule has 0 bridgehead atoms. The van der Waals surface area contributed by atoms with Gasteiger partial charge in [0.05, 0.1) is 11.7 Å². The minimum atomic E-state index is 0.378. The monoisotopic (exact) mass is 341 g/mol. The number of nitrogens with one attached hydrogen (secondary N) is 1. The number of nitrogens with zero attached hydrogens (tertiary/aromatic N) is 4. The predicted molar refractivity (Wildman–Crippen MR) is 98.9 cm³/mol. The van der Waals surface area contributed by atoms with Crippen molar-refractivity contribution in [1.29, 1.82) is 0 Å². The zero-order valence-electron chi connectivity index (χ0n) is 14.3. The molecule has 1 atom stereocenters. The maximum absolute atomic E-state index is 4.59. The second kappa shape index (κ2) is 7.70. The van der Waals surface area contributed by atoms with Crippen molar-refractivity contribution >= 4 is 11.3 Å². The van der Waals surface area contributed by atoms with Gasteiger partial charge >= 0.3 is 0 Å². The third-order valence-electron chi connectivity index (χ3n) is 3.99. The molecule has 3 rings (SSSR count). The third-order valence-corrected chi connectivity index (χ3v) is 4.96. The normalized spacial score (nSPS) is 12.7. The third kappa shape index (κ3) is 3.90. The minimum Gasteiger partial charge on any atom is -0.311 e. The lowest BCUT2D eigenvalue weighted by Gasteiger charge is -2.23. The molecule has 0 aliphatic heterocycles. The van der Waals surface area contributed by atoms with Crippen LogP contribution in [0.2, 0.25) is 0 Å². The van der Waals surface area contributed by atoms with Crippen molar-refractivity contribution in [2.45, 2.75) is 12.6 Å². The lowest BCUT2D eigenvalue weighted by Crippen LogP contribution is -2.30. The summed E-state index contributed by atoms with van der Waals surface area (Å²) in [6.07, 6.45) is 5.72. The van der Waals surface area contributed by atoms with Gasteiger partial charge in [0.25, 0.3) is 0 Å². The van der Waals surface area contributed by atoms with Gasteiger partial charge in [-0.2, -0.15) is 5.10 Å². The summed E-state index contributed by atoms with van der Waals surface area (Å²) in [6.45, 7) is 1.68. The van der Waals surface area contributed by atoms with Crippen molar-refractivity contribution in [1.82, 2.24) is 25.0 Å². The predicted octanol–water partition coefficient (Wildman–Crippen LogP) is 2.94. The van der Waals surface area contributed by atoms with Crippen LogP contribution in [0.15, 0.2) is 48.2 Å². The van der Waals surface area contributed by atoms with Gasteiger partial charge in [-0.05, 0) is 37.7 Å². The summed E-state index contributed by atoms with van der Waals surface area (Å²) in [5.74, 6) is 0. The highest BCUT2D eigenvalue weighted by molar-refractivity contribution is 7.10. The Labute approximate surface area is 147 Å². The molecule has 5 nitrogen and oxygen atoms in total. The molecule has 3 heterocycles. The summed E-state index contributed by atoms with van der Waals surface area (Å²) in [5, 5.41) is 10.3. The Hall–Kier alpha value is -2.02. The Bertz CT molecular complexity index is 749. The molecule has 0 aromatic carbocycles. The number of hydrogen-bond donors (Lipinski definition) is 1. The highest BCUT2D eigenvalue weighted by atomic mass is 32.1. The van der Waals surface area contributed by atoms with Gasteiger partial charge in [0.1, 0.15) is 0 Å². The zero-order valence-corrected chi connectivity index (χ0v) is 15.1. The molecule has 0 saturated carbocycles. The van der Waals surface area contributed by atoms with Crippen LogP contribution in [0.25, 0.3) is 11.3 Å². The van der Waals surface area contributed by atoms with E-state index >= 15 is 0 Å². The summed E-state index contributed by atoms with van der Waals surface area (Å²) >= 11 is 1.80. The lowest BCUT2D eigenvalue weighted by molar-refractivity contribution is 0.292. The second-order valence-corrected chi connectivity index (χ2v) is 7.02. The van der Waals surface area contributed by atoms with Crippen LogP contribution in [0.5, 0.6) is 0 Å². The number of thiophene rings is 1. The van der Waals surface area contributed by atoms with Gasteiger partial charge in [-0.15, -0.1) is 11.3 Å². The summed E-state index contributed by atoms with van der Waals surface area (Å²) in [6, 6.07) is 8.68. The first-order chi connectivity index (χ1) is 11.6. The topological polar surface area (TPSA) is 46.0 Å². The Balaban J connectivity index is 1.69. The molecule has 3 aromatic rings. The summed E-state index contributed by atoms with van der Waals surface area (Å²) < 4.78 is 1.86. The lowest BCUT2D eigenvalue weighted by atomic mass is 10.1. The van der Waals surface area contributed by atoms with E-state index in [1.807, 2.05) is 30.1 Å². The molecule has 0 saturated heterocycles. The van der Waals surface area contributed by atoms with Gasteiger partial charge in [-0.3, -0.25) is 9.67 Å².